The van der Waals surface area contributed by atoms with Crippen molar-refractivity contribution < 1.29 is 14.6 Å². The molecule has 0 aliphatic heterocycles. The van der Waals surface area contributed by atoms with Crippen LogP contribution in [0.3, 0.4) is 0 Å². The molecule has 1 aromatic rings. The van der Waals surface area contributed by atoms with Crippen LogP contribution in [-0.2, 0) is 4.74 Å². The Bertz CT molecular complexity index is 321. The van der Waals surface area contributed by atoms with Crippen molar-refractivity contribution in [3.05, 3.63) is 35.4 Å². The van der Waals surface area contributed by atoms with E-state index in [9.17, 15) is 4.79 Å². The Morgan fingerprint density at radius 1 is 1.47 bits per heavy atom. The van der Waals surface area contributed by atoms with Gasteiger partial charge in [-0.05, 0) is 24.6 Å². The minimum atomic E-state index is -0.402. The predicted molar refractivity (Wildman–Crippen MR) is 56.4 cm³/mol. The first-order valence-electron chi connectivity index (χ1n) is 4.82. The highest BCUT2D eigenvalue weighted by Crippen LogP contribution is 2.11. The van der Waals surface area contributed by atoms with Gasteiger partial charge in [0.1, 0.15) is 0 Å². The molecule has 0 saturated heterocycles. The van der Waals surface area contributed by atoms with E-state index in [0.717, 1.165) is 5.56 Å². The molecule has 0 fully saturated rings. The normalized spacial score (nSPS) is 12.2. The van der Waals surface area contributed by atoms with Crippen molar-refractivity contribution in [3.8, 4) is 0 Å². The molecule has 0 heterocycles. The highest BCUT2D eigenvalue weighted by molar-refractivity contribution is 5.89. The molecule has 1 rings (SSSR count). The van der Waals surface area contributed by atoms with Crippen LogP contribution in [0.2, 0.25) is 0 Å². The van der Waals surface area contributed by atoms with Gasteiger partial charge in [-0.2, -0.15) is 0 Å². The third kappa shape index (κ3) is 3.04. The molecular weight excluding hydrogens is 194 g/mol. The van der Waals surface area contributed by atoms with Crippen molar-refractivity contribution in [1.82, 2.24) is 0 Å². The molecule has 0 radical (unpaired) electrons. The summed E-state index contributed by atoms with van der Waals surface area (Å²) in [5.74, 6) is -0.346. The topological polar surface area (TPSA) is 72.5 Å². The van der Waals surface area contributed by atoms with Gasteiger partial charge in [-0.25, -0.2) is 4.79 Å². The summed E-state index contributed by atoms with van der Waals surface area (Å²) in [6.07, 6.45) is 0. The Kier molecular flexibility index (Phi) is 4.27. The first kappa shape index (κ1) is 11.7. The van der Waals surface area contributed by atoms with E-state index < -0.39 is 6.04 Å². The van der Waals surface area contributed by atoms with Crippen LogP contribution in [0.25, 0.3) is 0 Å². The fraction of sp³-hybridized carbons (Fsp3) is 0.364. The first-order valence-corrected chi connectivity index (χ1v) is 4.82. The third-order valence-corrected chi connectivity index (χ3v) is 2.05. The van der Waals surface area contributed by atoms with E-state index in [1.165, 1.54) is 0 Å². The van der Waals surface area contributed by atoms with Crippen LogP contribution in [-0.4, -0.2) is 24.3 Å². The van der Waals surface area contributed by atoms with Crippen molar-refractivity contribution in [2.75, 3.05) is 13.2 Å². The molecular formula is C11H15NO3. The molecule has 4 nitrogen and oxygen atoms in total. The lowest BCUT2D eigenvalue weighted by atomic mass is 10.1. The van der Waals surface area contributed by atoms with Gasteiger partial charge < -0.3 is 15.6 Å². The molecule has 0 bridgehead atoms. The summed E-state index contributed by atoms with van der Waals surface area (Å²) in [6, 6.07) is 6.31. The maximum atomic E-state index is 11.3. The molecule has 0 saturated carbocycles. The van der Waals surface area contributed by atoms with Gasteiger partial charge in [-0.3, -0.25) is 0 Å². The molecule has 0 amide bonds. The van der Waals surface area contributed by atoms with E-state index >= 15 is 0 Å². The number of benzene rings is 1. The number of rotatable bonds is 4. The van der Waals surface area contributed by atoms with Crippen molar-refractivity contribution in [2.45, 2.75) is 13.0 Å². The smallest absolute Gasteiger partial charge is 0.338 e. The molecule has 0 aromatic heterocycles. The van der Waals surface area contributed by atoms with Crippen molar-refractivity contribution in [2.24, 2.45) is 5.73 Å². The Balaban J connectivity index is 2.76. The molecule has 1 atom stereocenters. The molecule has 15 heavy (non-hydrogen) atoms. The van der Waals surface area contributed by atoms with E-state index in [1.807, 2.05) is 0 Å². The number of hydrogen-bond donors (Lipinski definition) is 2. The van der Waals surface area contributed by atoms with Crippen LogP contribution in [0.4, 0.5) is 0 Å². The zero-order chi connectivity index (χ0) is 11.3. The summed E-state index contributed by atoms with van der Waals surface area (Å²) in [6.45, 7) is 2.00. The van der Waals surface area contributed by atoms with Crippen LogP contribution in [0.1, 0.15) is 28.9 Å². The lowest BCUT2D eigenvalue weighted by molar-refractivity contribution is 0.0526. The second-order valence-electron chi connectivity index (χ2n) is 3.13. The highest BCUT2D eigenvalue weighted by atomic mass is 16.5. The van der Waals surface area contributed by atoms with Gasteiger partial charge in [0, 0.05) is 0 Å². The van der Waals surface area contributed by atoms with Crippen LogP contribution in [0.15, 0.2) is 24.3 Å². The number of nitrogens with two attached hydrogens (primary N) is 1. The Hall–Kier alpha value is -1.39. The van der Waals surface area contributed by atoms with Gasteiger partial charge in [0.15, 0.2) is 0 Å². The molecule has 4 heteroatoms. The number of carbonyl (C=O) groups excluding carboxylic acids is 1. The van der Waals surface area contributed by atoms with Gasteiger partial charge in [0.25, 0.3) is 0 Å². The maximum absolute atomic E-state index is 11.3. The summed E-state index contributed by atoms with van der Waals surface area (Å²) in [5.41, 5.74) is 6.90. The monoisotopic (exact) mass is 209 g/mol. The minimum Gasteiger partial charge on any atom is -0.462 e. The fourth-order valence-electron chi connectivity index (χ4n) is 1.19. The SMILES string of the molecule is CCOC(=O)c1ccc(C(N)CO)cc1. The number of carbonyl (C=O) groups is 1. The van der Waals surface area contributed by atoms with E-state index in [2.05, 4.69) is 0 Å². The standard InChI is InChI=1S/C11H15NO3/c1-2-15-11(14)9-5-3-8(4-6-9)10(12)7-13/h3-6,10,13H,2,7,12H2,1H3. The quantitative estimate of drug-likeness (QED) is 0.721. The van der Waals surface area contributed by atoms with Gasteiger partial charge in [-0.15, -0.1) is 0 Å². The van der Waals surface area contributed by atoms with Crippen LogP contribution >= 0.6 is 0 Å². The van der Waals surface area contributed by atoms with Gasteiger partial charge in [-0.1, -0.05) is 12.1 Å². The second kappa shape index (κ2) is 5.48. The van der Waals surface area contributed by atoms with E-state index in [0.29, 0.717) is 12.2 Å². The van der Waals surface area contributed by atoms with Gasteiger partial charge in [0.05, 0.1) is 24.8 Å². The number of hydrogen-bond acceptors (Lipinski definition) is 4. The number of aliphatic hydroxyl groups excluding tert-OH is 1. The van der Waals surface area contributed by atoms with Gasteiger partial charge in [0.2, 0.25) is 0 Å². The van der Waals surface area contributed by atoms with Crippen molar-refractivity contribution in [1.29, 1.82) is 0 Å². The van der Waals surface area contributed by atoms with Crippen molar-refractivity contribution in [3.63, 3.8) is 0 Å². The lowest BCUT2D eigenvalue weighted by Crippen LogP contribution is -2.14. The summed E-state index contributed by atoms with van der Waals surface area (Å²) >= 11 is 0. The lowest BCUT2D eigenvalue weighted by Gasteiger charge is -2.08. The Morgan fingerprint density at radius 2 is 2.07 bits per heavy atom. The Morgan fingerprint density at radius 3 is 2.53 bits per heavy atom. The second-order valence-corrected chi connectivity index (χ2v) is 3.13. The number of aliphatic hydroxyl groups is 1. The Labute approximate surface area is 88.7 Å². The molecule has 0 spiro atoms. The number of ether oxygens (including phenoxy) is 1. The molecule has 3 N–H and O–H groups in total. The minimum absolute atomic E-state index is 0.112. The fourth-order valence-corrected chi connectivity index (χ4v) is 1.19. The third-order valence-electron chi connectivity index (χ3n) is 2.05. The van der Waals surface area contributed by atoms with Crippen LogP contribution in [0, 0.1) is 0 Å². The highest BCUT2D eigenvalue weighted by Gasteiger charge is 2.08. The first-order chi connectivity index (χ1) is 7.19. The number of esters is 1. The summed E-state index contributed by atoms with van der Waals surface area (Å²) < 4.78 is 4.84. The molecule has 0 aliphatic carbocycles. The van der Waals surface area contributed by atoms with Crippen molar-refractivity contribution >= 4 is 5.97 Å². The van der Waals surface area contributed by atoms with E-state index in [4.69, 9.17) is 15.6 Å². The van der Waals surface area contributed by atoms with Crippen LogP contribution in [0.5, 0.6) is 0 Å². The summed E-state index contributed by atoms with van der Waals surface area (Å²) in [5, 5.41) is 8.83. The largest absolute Gasteiger partial charge is 0.462 e. The molecule has 0 aliphatic rings. The average molecular weight is 209 g/mol. The van der Waals surface area contributed by atoms with Crippen LogP contribution < -0.4 is 5.73 Å². The summed E-state index contributed by atoms with van der Waals surface area (Å²) in [4.78, 5) is 11.3. The summed E-state index contributed by atoms with van der Waals surface area (Å²) in [7, 11) is 0. The molecule has 1 unspecified atom stereocenters. The van der Waals surface area contributed by atoms with E-state index in [1.54, 1.807) is 31.2 Å². The average Bonchev–Trinajstić information content (AvgIpc) is 2.28. The molecule has 1 aromatic carbocycles. The zero-order valence-electron chi connectivity index (χ0n) is 8.64. The zero-order valence-corrected chi connectivity index (χ0v) is 8.64. The van der Waals surface area contributed by atoms with Gasteiger partial charge >= 0.3 is 5.97 Å². The predicted octanol–water partition coefficient (Wildman–Crippen LogP) is 0.855. The maximum Gasteiger partial charge on any atom is 0.338 e. The molecule has 82 valence electrons. The van der Waals surface area contributed by atoms with E-state index in [-0.39, 0.29) is 12.6 Å².